The number of hydrogen-bond donors (Lipinski definition) is 2. The molecule has 3 aliphatic heterocycles. The van der Waals surface area contributed by atoms with Gasteiger partial charge in [0.25, 0.3) is 5.91 Å². The van der Waals surface area contributed by atoms with Crippen LogP contribution < -0.4 is 15.5 Å². The molecule has 2 saturated heterocycles. The van der Waals surface area contributed by atoms with Gasteiger partial charge in [0.1, 0.15) is 11.7 Å². The van der Waals surface area contributed by atoms with E-state index in [0.717, 1.165) is 0 Å². The minimum absolute atomic E-state index is 0.188. The number of halogens is 3. The summed E-state index contributed by atoms with van der Waals surface area (Å²) < 4.78 is 109. The van der Waals surface area contributed by atoms with Crippen molar-refractivity contribution >= 4 is 23.4 Å². The minimum Gasteiger partial charge on any atom is -0.364 e. The Hall–Kier alpha value is -2.62. The lowest BCUT2D eigenvalue weighted by Crippen LogP contribution is -2.52. The van der Waals surface area contributed by atoms with E-state index in [1.165, 1.54) is 5.32 Å². The van der Waals surface area contributed by atoms with Gasteiger partial charge in [-0.25, -0.2) is 13.2 Å². The fourth-order valence-corrected chi connectivity index (χ4v) is 3.22. The summed E-state index contributed by atoms with van der Waals surface area (Å²) in [5.41, 5.74) is -3.75. The summed E-state index contributed by atoms with van der Waals surface area (Å²) in [5.74, 6) is -8.95. The Balaban J connectivity index is 1.89. The first kappa shape index (κ1) is 10.6. The number of nitrogens with one attached hydrogen (secondary N) is 2. The van der Waals surface area contributed by atoms with E-state index in [2.05, 4.69) is 0 Å². The van der Waals surface area contributed by atoms with Gasteiger partial charge < -0.3 is 15.1 Å². The van der Waals surface area contributed by atoms with Gasteiger partial charge in [-0.15, -0.1) is 0 Å². The number of rotatable bonds is 2. The van der Waals surface area contributed by atoms with E-state index in [9.17, 15) is 14.4 Å². The zero-order chi connectivity index (χ0) is 26.5. The number of fused-ring (bicyclic) bond motifs is 1. The highest BCUT2D eigenvalue weighted by Crippen LogP contribution is 2.38. The Morgan fingerprint density at radius 1 is 1.04 bits per heavy atom. The molecule has 10 heteroatoms. The lowest BCUT2D eigenvalue weighted by atomic mass is 10.0. The molecule has 0 spiro atoms. The SMILES string of the molecule is [2H]C1([2H])NC([2H])([2H])C([2H])([2H])N(c2c(F)c(F)c3c(c2F)CN(C2CCC(=O)NC2=O)C3=O)C1([2H])[2H]. The summed E-state index contributed by atoms with van der Waals surface area (Å²) in [6.07, 6.45) is -0.376. The number of piperazine rings is 1. The third-order valence-corrected chi connectivity index (χ3v) is 4.47. The average Bonchev–Trinajstić information content (AvgIpc) is 3.04. The molecule has 7 nitrogen and oxygen atoms in total. The Kier molecular flexibility index (Phi) is 2.57. The molecule has 1 aromatic carbocycles. The maximum absolute atomic E-state index is 15.7. The summed E-state index contributed by atoms with van der Waals surface area (Å²) in [7, 11) is 0. The molecule has 1 unspecified atom stereocenters. The predicted octanol–water partition coefficient (Wildman–Crippen LogP) is 0.275. The number of piperidine rings is 1. The molecule has 3 amide bonds. The molecule has 27 heavy (non-hydrogen) atoms. The van der Waals surface area contributed by atoms with Gasteiger partial charge in [0.05, 0.1) is 17.6 Å². The van der Waals surface area contributed by atoms with Crippen LogP contribution in [0.4, 0.5) is 18.9 Å². The van der Waals surface area contributed by atoms with Gasteiger partial charge in [0, 0.05) is 43.5 Å². The molecule has 0 aromatic heterocycles. The number of amides is 3. The maximum Gasteiger partial charge on any atom is 0.258 e. The van der Waals surface area contributed by atoms with Crippen molar-refractivity contribution in [3.05, 3.63) is 28.6 Å². The van der Waals surface area contributed by atoms with Gasteiger partial charge in [-0.2, -0.15) is 0 Å². The Morgan fingerprint density at radius 2 is 1.74 bits per heavy atom. The lowest BCUT2D eigenvalue weighted by molar-refractivity contribution is -0.136. The molecule has 2 N–H and O–H groups in total. The molecule has 0 bridgehead atoms. The van der Waals surface area contributed by atoms with Crippen molar-refractivity contribution in [2.75, 3.05) is 30.9 Å². The smallest absolute Gasteiger partial charge is 0.258 e. The first-order valence-corrected chi connectivity index (χ1v) is 7.80. The normalized spacial score (nSPS) is 34.8. The summed E-state index contributed by atoms with van der Waals surface area (Å²) in [5, 5.41) is 3.45. The molecule has 3 heterocycles. The number of carbonyl (C=O) groups excluding carboxylic acids is 3. The van der Waals surface area contributed by atoms with E-state index in [1.807, 2.05) is 5.32 Å². The summed E-state index contributed by atoms with van der Waals surface area (Å²) >= 11 is 0. The first-order chi connectivity index (χ1) is 15.9. The second kappa shape index (κ2) is 6.52. The van der Waals surface area contributed by atoms with Crippen LogP contribution in [0.3, 0.4) is 0 Å². The zero-order valence-electron chi connectivity index (χ0n) is 21.5. The second-order valence-corrected chi connectivity index (χ2v) is 5.98. The number of hydrogen-bond acceptors (Lipinski definition) is 5. The van der Waals surface area contributed by atoms with Gasteiger partial charge >= 0.3 is 0 Å². The van der Waals surface area contributed by atoms with Crippen LogP contribution in [0.25, 0.3) is 0 Å². The van der Waals surface area contributed by atoms with Crippen LogP contribution in [0, 0.1) is 17.5 Å². The molecule has 3 aliphatic rings. The maximum atomic E-state index is 15.7. The van der Waals surface area contributed by atoms with E-state index in [-0.39, 0.29) is 12.8 Å². The minimum atomic E-state index is -3.67. The van der Waals surface area contributed by atoms with E-state index in [1.54, 1.807) is 0 Å². The number of benzene rings is 1. The third kappa shape index (κ3) is 2.75. The average molecular weight is 390 g/mol. The molecular weight excluding hydrogens is 365 g/mol. The highest BCUT2D eigenvalue weighted by Gasteiger charge is 2.44. The standard InChI is InChI=1S/C17H17F3N4O3/c18-12-8-7-24(9-1-2-10(25)22-16(9)26)17(27)11(8)13(19)14(20)15(12)23-5-3-21-4-6-23/h9,21H,1-7H2,(H,22,25,26)/i3D2,4D2,5D2,6D2. The van der Waals surface area contributed by atoms with E-state index >= 15 is 13.2 Å². The second-order valence-electron chi connectivity index (χ2n) is 5.98. The molecule has 2 fully saturated rings. The fourth-order valence-electron chi connectivity index (χ4n) is 3.22. The quantitative estimate of drug-likeness (QED) is 0.560. The van der Waals surface area contributed by atoms with Crippen molar-refractivity contribution in [2.24, 2.45) is 0 Å². The predicted molar refractivity (Wildman–Crippen MR) is 87.4 cm³/mol. The van der Waals surface area contributed by atoms with Crippen molar-refractivity contribution in [2.45, 2.75) is 25.4 Å². The van der Waals surface area contributed by atoms with Crippen molar-refractivity contribution < 1.29 is 38.5 Å². The van der Waals surface area contributed by atoms with Crippen LogP contribution in [0.5, 0.6) is 0 Å². The van der Waals surface area contributed by atoms with Crippen molar-refractivity contribution in [3.8, 4) is 0 Å². The Labute approximate surface area is 163 Å². The fraction of sp³-hybridized carbons (Fsp3) is 0.471. The van der Waals surface area contributed by atoms with Crippen LogP contribution >= 0.6 is 0 Å². The third-order valence-electron chi connectivity index (χ3n) is 4.47. The van der Waals surface area contributed by atoms with Crippen molar-refractivity contribution in [1.29, 1.82) is 0 Å². The summed E-state index contributed by atoms with van der Waals surface area (Å²) in [6, 6.07) is -1.33. The molecule has 0 radical (unpaired) electrons. The molecule has 144 valence electrons. The monoisotopic (exact) mass is 390 g/mol. The topological polar surface area (TPSA) is 81.8 Å². The van der Waals surface area contributed by atoms with E-state index in [4.69, 9.17) is 11.0 Å². The molecule has 0 aliphatic carbocycles. The van der Waals surface area contributed by atoms with Crippen LogP contribution in [-0.2, 0) is 16.1 Å². The van der Waals surface area contributed by atoms with Crippen molar-refractivity contribution in [1.82, 2.24) is 15.5 Å². The van der Waals surface area contributed by atoms with Crippen LogP contribution in [0.15, 0.2) is 0 Å². The summed E-state index contributed by atoms with van der Waals surface area (Å²) in [4.78, 5) is 36.5. The van der Waals surface area contributed by atoms with Crippen molar-refractivity contribution in [3.63, 3.8) is 0 Å². The molecule has 1 atom stereocenters. The molecular formula is C17H17F3N4O3. The Morgan fingerprint density at radius 3 is 2.41 bits per heavy atom. The van der Waals surface area contributed by atoms with Gasteiger partial charge in [-0.3, -0.25) is 19.7 Å². The van der Waals surface area contributed by atoms with Crippen LogP contribution in [-0.4, -0.2) is 54.7 Å². The largest absolute Gasteiger partial charge is 0.364 e. The lowest BCUT2D eigenvalue weighted by Gasteiger charge is -2.30. The van der Waals surface area contributed by atoms with E-state index < -0.39 is 95.5 Å². The number of nitrogens with zero attached hydrogens (tertiary/aromatic N) is 2. The highest BCUT2D eigenvalue weighted by molar-refractivity contribution is 6.05. The van der Waals surface area contributed by atoms with Gasteiger partial charge in [0.2, 0.25) is 11.8 Å². The first-order valence-electron chi connectivity index (χ1n) is 11.8. The number of imide groups is 1. The molecule has 4 rings (SSSR count). The highest BCUT2D eigenvalue weighted by atomic mass is 19.2. The zero-order valence-corrected chi connectivity index (χ0v) is 13.5. The van der Waals surface area contributed by atoms with E-state index in [0.29, 0.717) is 4.90 Å². The molecule has 1 aromatic rings. The van der Waals surface area contributed by atoms with Gasteiger partial charge in [0.15, 0.2) is 17.5 Å². The van der Waals surface area contributed by atoms with Gasteiger partial charge in [-0.1, -0.05) is 0 Å². The van der Waals surface area contributed by atoms with Gasteiger partial charge in [-0.05, 0) is 6.42 Å². The number of carbonyl (C=O) groups is 3. The number of anilines is 1. The van der Waals surface area contributed by atoms with Crippen LogP contribution in [0.1, 0.15) is 39.7 Å². The summed E-state index contributed by atoms with van der Waals surface area (Å²) in [6.45, 7) is -15.0. The van der Waals surface area contributed by atoms with Crippen LogP contribution in [0.2, 0.25) is 0 Å². The molecule has 0 saturated carbocycles. The Bertz CT molecular complexity index is 1160.